The fourth-order valence-electron chi connectivity index (χ4n) is 2.66. The number of rotatable bonds is 7. The Kier molecular flexibility index (Phi) is 6.70. The molecule has 20 heavy (non-hydrogen) atoms. The zero-order valence-corrected chi connectivity index (χ0v) is 14.2. The molecule has 1 aromatic carbocycles. The molecule has 1 atom stereocenters. The van der Waals surface area contributed by atoms with Gasteiger partial charge in [0.15, 0.2) is 0 Å². The van der Waals surface area contributed by atoms with E-state index in [1.807, 2.05) is 0 Å². The van der Waals surface area contributed by atoms with E-state index >= 15 is 0 Å². The van der Waals surface area contributed by atoms with Gasteiger partial charge >= 0.3 is 0 Å². The highest BCUT2D eigenvalue weighted by atomic mass is 15.2. The molecule has 0 heterocycles. The lowest BCUT2D eigenvalue weighted by molar-refractivity contribution is 0.214. The van der Waals surface area contributed by atoms with Gasteiger partial charge in [-0.05, 0) is 51.8 Å². The maximum atomic E-state index is 3.58. The Labute approximate surface area is 125 Å². The van der Waals surface area contributed by atoms with Crippen LogP contribution in [0.25, 0.3) is 0 Å². The predicted octanol–water partition coefficient (Wildman–Crippen LogP) is 4.02. The van der Waals surface area contributed by atoms with Crippen molar-refractivity contribution in [3.05, 3.63) is 35.4 Å². The Balaban J connectivity index is 2.69. The summed E-state index contributed by atoms with van der Waals surface area (Å²) in [5, 5.41) is 3.58. The number of likely N-dealkylation sites (N-methyl/N-ethyl adjacent to an activating group) is 1. The van der Waals surface area contributed by atoms with Gasteiger partial charge in [0, 0.05) is 24.7 Å². The van der Waals surface area contributed by atoms with Crippen LogP contribution in [0.4, 0.5) is 0 Å². The van der Waals surface area contributed by atoms with E-state index in [1.54, 1.807) is 0 Å². The average molecular weight is 276 g/mol. The van der Waals surface area contributed by atoms with Crippen LogP contribution in [-0.4, -0.2) is 30.1 Å². The summed E-state index contributed by atoms with van der Waals surface area (Å²) in [5.41, 5.74) is 3.15. The Morgan fingerprint density at radius 1 is 1.15 bits per heavy atom. The number of hydrogen-bond donors (Lipinski definition) is 1. The molecular formula is C18H32N2. The van der Waals surface area contributed by atoms with Crippen LogP contribution in [0.3, 0.4) is 0 Å². The molecule has 2 nitrogen and oxygen atoms in total. The molecule has 0 saturated heterocycles. The van der Waals surface area contributed by atoms with E-state index in [2.05, 4.69) is 76.0 Å². The first-order chi connectivity index (χ1) is 9.39. The van der Waals surface area contributed by atoms with Crippen molar-refractivity contribution < 1.29 is 0 Å². The van der Waals surface area contributed by atoms with Crippen LogP contribution in [0, 0.1) is 0 Å². The van der Waals surface area contributed by atoms with Crippen molar-refractivity contribution in [3.8, 4) is 0 Å². The summed E-state index contributed by atoms with van der Waals surface area (Å²) in [6, 6.07) is 9.33. The SMILES string of the molecule is CCc1ccccc1C(C)N(CC)CCNC(C)(C)C. The van der Waals surface area contributed by atoms with Gasteiger partial charge < -0.3 is 5.32 Å². The molecule has 0 aliphatic carbocycles. The molecule has 0 spiro atoms. The molecule has 1 aromatic rings. The first-order valence-electron chi connectivity index (χ1n) is 7.96. The predicted molar refractivity (Wildman–Crippen MR) is 89.2 cm³/mol. The first kappa shape index (κ1) is 17.2. The van der Waals surface area contributed by atoms with Gasteiger partial charge in [-0.3, -0.25) is 4.90 Å². The van der Waals surface area contributed by atoms with E-state index in [0.29, 0.717) is 6.04 Å². The van der Waals surface area contributed by atoms with E-state index in [9.17, 15) is 0 Å². The van der Waals surface area contributed by atoms with Gasteiger partial charge in [-0.25, -0.2) is 0 Å². The largest absolute Gasteiger partial charge is 0.311 e. The van der Waals surface area contributed by atoms with Crippen LogP contribution < -0.4 is 5.32 Å². The molecule has 0 saturated carbocycles. The summed E-state index contributed by atoms with van der Waals surface area (Å²) in [7, 11) is 0. The minimum Gasteiger partial charge on any atom is -0.311 e. The summed E-state index contributed by atoms with van der Waals surface area (Å²) in [6.45, 7) is 16.7. The van der Waals surface area contributed by atoms with Gasteiger partial charge in [0.25, 0.3) is 0 Å². The quantitative estimate of drug-likeness (QED) is 0.809. The molecule has 0 bridgehead atoms. The summed E-state index contributed by atoms with van der Waals surface area (Å²) in [4.78, 5) is 2.55. The van der Waals surface area contributed by atoms with Crippen molar-refractivity contribution in [2.45, 2.75) is 59.5 Å². The number of benzene rings is 1. The molecule has 0 fully saturated rings. The highest BCUT2D eigenvalue weighted by Crippen LogP contribution is 2.23. The Hall–Kier alpha value is -0.860. The van der Waals surface area contributed by atoms with Crippen LogP contribution in [0.5, 0.6) is 0 Å². The van der Waals surface area contributed by atoms with Gasteiger partial charge in [-0.1, -0.05) is 38.1 Å². The zero-order valence-electron chi connectivity index (χ0n) is 14.2. The van der Waals surface area contributed by atoms with Crippen molar-refractivity contribution in [3.63, 3.8) is 0 Å². The summed E-state index contributed by atoms with van der Waals surface area (Å²) < 4.78 is 0. The molecule has 0 radical (unpaired) electrons. The minimum absolute atomic E-state index is 0.198. The highest BCUT2D eigenvalue weighted by Gasteiger charge is 2.17. The normalized spacial score (nSPS) is 13.8. The summed E-state index contributed by atoms with van der Waals surface area (Å²) in [5.74, 6) is 0. The van der Waals surface area contributed by atoms with E-state index in [0.717, 1.165) is 26.1 Å². The molecule has 1 N–H and O–H groups in total. The zero-order chi connectivity index (χ0) is 15.2. The molecular weight excluding hydrogens is 244 g/mol. The lowest BCUT2D eigenvalue weighted by atomic mass is 9.98. The summed E-state index contributed by atoms with van der Waals surface area (Å²) in [6.07, 6.45) is 1.11. The molecule has 2 heteroatoms. The van der Waals surface area contributed by atoms with E-state index < -0.39 is 0 Å². The topological polar surface area (TPSA) is 15.3 Å². The van der Waals surface area contributed by atoms with Crippen molar-refractivity contribution in [1.82, 2.24) is 10.2 Å². The van der Waals surface area contributed by atoms with Gasteiger partial charge in [-0.2, -0.15) is 0 Å². The third kappa shape index (κ3) is 5.26. The highest BCUT2D eigenvalue weighted by molar-refractivity contribution is 5.29. The number of aryl methyl sites for hydroxylation is 1. The van der Waals surface area contributed by atoms with Gasteiger partial charge in [0.1, 0.15) is 0 Å². The van der Waals surface area contributed by atoms with Crippen LogP contribution >= 0.6 is 0 Å². The third-order valence-electron chi connectivity index (χ3n) is 3.89. The standard InChI is InChI=1S/C18H32N2/c1-7-16-11-9-10-12-17(16)15(3)20(8-2)14-13-19-18(4,5)6/h9-12,15,19H,7-8,13-14H2,1-6H3. The van der Waals surface area contributed by atoms with Crippen molar-refractivity contribution in [2.75, 3.05) is 19.6 Å². The van der Waals surface area contributed by atoms with Crippen LogP contribution in [-0.2, 0) is 6.42 Å². The molecule has 0 amide bonds. The number of nitrogens with zero attached hydrogens (tertiary/aromatic N) is 1. The van der Waals surface area contributed by atoms with E-state index in [1.165, 1.54) is 11.1 Å². The molecule has 0 aromatic heterocycles. The minimum atomic E-state index is 0.198. The van der Waals surface area contributed by atoms with E-state index in [4.69, 9.17) is 0 Å². The fourth-order valence-corrected chi connectivity index (χ4v) is 2.66. The van der Waals surface area contributed by atoms with Crippen LogP contribution in [0.1, 0.15) is 58.7 Å². The third-order valence-corrected chi connectivity index (χ3v) is 3.89. The summed E-state index contributed by atoms with van der Waals surface area (Å²) >= 11 is 0. The Bertz CT molecular complexity index is 393. The molecule has 114 valence electrons. The Morgan fingerprint density at radius 2 is 1.80 bits per heavy atom. The van der Waals surface area contributed by atoms with Crippen molar-refractivity contribution in [1.29, 1.82) is 0 Å². The molecule has 1 rings (SSSR count). The fraction of sp³-hybridized carbons (Fsp3) is 0.667. The maximum absolute atomic E-state index is 3.58. The van der Waals surface area contributed by atoms with Gasteiger partial charge in [0.2, 0.25) is 0 Å². The average Bonchev–Trinajstić information content (AvgIpc) is 2.41. The second kappa shape index (κ2) is 7.80. The molecule has 1 unspecified atom stereocenters. The van der Waals surface area contributed by atoms with Gasteiger partial charge in [-0.15, -0.1) is 0 Å². The second-order valence-electron chi connectivity index (χ2n) is 6.53. The monoisotopic (exact) mass is 276 g/mol. The molecule has 0 aliphatic heterocycles. The van der Waals surface area contributed by atoms with Gasteiger partial charge in [0.05, 0.1) is 0 Å². The Morgan fingerprint density at radius 3 is 2.35 bits per heavy atom. The number of hydrogen-bond acceptors (Lipinski definition) is 2. The van der Waals surface area contributed by atoms with Crippen LogP contribution in [0.2, 0.25) is 0 Å². The van der Waals surface area contributed by atoms with Crippen molar-refractivity contribution in [2.24, 2.45) is 0 Å². The first-order valence-corrected chi connectivity index (χ1v) is 7.96. The lowest BCUT2D eigenvalue weighted by Crippen LogP contribution is -2.42. The second-order valence-corrected chi connectivity index (χ2v) is 6.53. The lowest BCUT2D eigenvalue weighted by Gasteiger charge is -2.31. The van der Waals surface area contributed by atoms with Crippen molar-refractivity contribution >= 4 is 0 Å². The smallest absolute Gasteiger partial charge is 0.0323 e. The van der Waals surface area contributed by atoms with Crippen LogP contribution in [0.15, 0.2) is 24.3 Å². The number of nitrogens with one attached hydrogen (secondary N) is 1. The van der Waals surface area contributed by atoms with E-state index in [-0.39, 0.29) is 5.54 Å². The maximum Gasteiger partial charge on any atom is 0.0323 e. The molecule has 0 aliphatic rings.